The summed E-state index contributed by atoms with van der Waals surface area (Å²) in [4.78, 5) is 2.63. The Balaban J connectivity index is 2.32. The van der Waals surface area contributed by atoms with Gasteiger partial charge in [-0.1, -0.05) is 27.2 Å². The smallest absolute Gasteiger partial charge is 0.0593 e. The maximum Gasteiger partial charge on any atom is 0.0593 e. The van der Waals surface area contributed by atoms with E-state index >= 15 is 0 Å². The molecular weight excluding hydrogens is 212 g/mol. The Morgan fingerprint density at radius 3 is 2.65 bits per heavy atom. The van der Waals surface area contributed by atoms with E-state index in [1.54, 1.807) is 0 Å². The minimum atomic E-state index is 0.675. The van der Waals surface area contributed by atoms with Crippen molar-refractivity contribution in [2.24, 2.45) is 0 Å². The quantitative estimate of drug-likeness (QED) is 0.661. The van der Waals surface area contributed by atoms with Crippen molar-refractivity contribution in [2.75, 3.05) is 32.8 Å². The molecule has 0 aromatic rings. The second-order valence-corrected chi connectivity index (χ2v) is 5.06. The summed E-state index contributed by atoms with van der Waals surface area (Å²) >= 11 is 0. The van der Waals surface area contributed by atoms with Crippen molar-refractivity contribution in [2.45, 2.75) is 58.5 Å². The van der Waals surface area contributed by atoms with E-state index in [1.807, 2.05) is 0 Å². The third-order valence-corrected chi connectivity index (χ3v) is 3.60. The van der Waals surface area contributed by atoms with Gasteiger partial charge in [-0.3, -0.25) is 4.90 Å². The Morgan fingerprint density at radius 2 is 2.00 bits per heavy atom. The second-order valence-electron chi connectivity index (χ2n) is 5.06. The SMILES string of the molecule is CCCOCCN1CC(CC)NCC1CCC. The van der Waals surface area contributed by atoms with Crippen LogP contribution < -0.4 is 5.32 Å². The third kappa shape index (κ3) is 5.36. The second kappa shape index (κ2) is 8.90. The monoisotopic (exact) mass is 242 g/mol. The predicted octanol–water partition coefficient (Wildman–Crippen LogP) is 2.27. The fourth-order valence-corrected chi connectivity index (χ4v) is 2.52. The van der Waals surface area contributed by atoms with E-state index in [1.165, 1.54) is 25.8 Å². The third-order valence-electron chi connectivity index (χ3n) is 3.60. The molecule has 0 radical (unpaired) electrons. The molecule has 102 valence electrons. The molecule has 0 aromatic heterocycles. The molecule has 0 amide bonds. The van der Waals surface area contributed by atoms with Gasteiger partial charge in [-0.25, -0.2) is 0 Å². The van der Waals surface area contributed by atoms with Gasteiger partial charge in [-0.15, -0.1) is 0 Å². The summed E-state index contributed by atoms with van der Waals surface area (Å²) < 4.78 is 5.62. The topological polar surface area (TPSA) is 24.5 Å². The molecule has 0 bridgehead atoms. The van der Waals surface area contributed by atoms with E-state index in [9.17, 15) is 0 Å². The fourth-order valence-electron chi connectivity index (χ4n) is 2.52. The zero-order valence-electron chi connectivity index (χ0n) is 11.9. The molecule has 1 saturated heterocycles. The van der Waals surface area contributed by atoms with E-state index in [2.05, 4.69) is 31.0 Å². The van der Waals surface area contributed by atoms with E-state index in [0.717, 1.165) is 32.7 Å². The lowest BCUT2D eigenvalue weighted by atomic mass is 10.0. The Morgan fingerprint density at radius 1 is 1.18 bits per heavy atom. The highest BCUT2D eigenvalue weighted by atomic mass is 16.5. The van der Waals surface area contributed by atoms with Crippen LogP contribution in [0.4, 0.5) is 0 Å². The van der Waals surface area contributed by atoms with Crippen LogP contribution in [0.3, 0.4) is 0 Å². The first kappa shape index (κ1) is 14.9. The standard InChI is InChI=1S/C14H30N2O/c1-4-7-14-11-15-13(6-3)12-16(14)8-10-17-9-5-2/h13-15H,4-12H2,1-3H3. The molecule has 3 heteroatoms. The van der Waals surface area contributed by atoms with Crippen LogP contribution in [0.15, 0.2) is 0 Å². The Labute approximate surface area is 107 Å². The molecule has 1 aliphatic heterocycles. The molecule has 2 unspecified atom stereocenters. The van der Waals surface area contributed by atoms with Gasteiger partial charge in [0, 0.05) is 38.3 Å². The van der Waals surface area contributed by atoms with Gasteiger partial charge < -0.3 is 10.1 Å². The van der Waals surface area contributed by atoms with Crippen molar-refractivity contribution < 1.29 is 4.74 Å². The van der Waals surface area contributed by atoms with Gasteiger partial charge >= 0.3 is 0 Å². The summed E-state index contributed by atoms with van der Waals surface area (Å²) in [6, 6.07) is 1.39. The number of nitrogens with one attached hydrogen (secondary N) is 1. The van der Waals surface area contributed by atoms with Crippen molar-refractivity contribution >= 4 is 0 Å². The predicted molar refractivity (Wildman–Crippen MR) is 73.5 cm³/mol. The molecule has 2 atom stereocenters. The Bertz CT molecular complexity index is 187. The van der Waals surface area contributed by atoms with Crippen LogP contribution in [0.25, 0.3) is 0 Å². The number of hydrogen-bond donors (Lipinski definition) is 1. The molecule has 1 aliphatic rings. The van der Waals surface area contributed by atoms with Gasteiger partial charge in [0.05, 0.1) is 6.61 Å². The first-order valence-electron chi connectivity index (χ1n) is 7.36. The minimum absolute atomic E-state index is 0.675. The minimum Gasteiger partial charge on any atom is -0.380 e. The molecular formula is C14H30N2O. The van der Waals surface area contributed by atoms with Crippen LogP contribution in [-0.2, 0) is 4.74 Å². The lowest BCUT2D eigenvalue weighted by Crippen LogP contribution is -2.56. The van der Waals surface area contributed by atoms with E-state index in [-0.39, 0.29) is 0 Å². The number of piperazine rings is 1. The van der Waals surface area contributed by atoms with Gasteiger partial charge in [-0.2, -0.15) is 0 Å². The number of nitrogens with zero attached hydrogens (tertiary/aromatic N) is 1. The van der Waals surface area contributed by atoms with Crippen LogP contribution in [0.1, 0.15) is 46.5 Å². The Kier molecular flexibility index (Phi) is 7.82. The average Bonchev–Trinajstić information content (AvgIpc) is 2.36. The molecule has 17 heavy (non-hydrogen) atoms. The van der Waals surface area contributed by atoms with E-state index < -0.39 is 0 Å². The van der Waals surface area contributed by atoms with Crippen molar-refractivity contribution in [1.82, 2.24) is 10.2 Å². The molecule has 0 spiro atoms. The van der Waals surface area contributed by atoms with Crippen LogP contribution >= 0.6 is 0 Å². The molecule has 1 heterocycles. The number of ether oxygens (including phenoxy) is 1. The van der Waals surface area contributed by atoms with Gasteiger partial charge in [0.1, 0.15) is 0 Å². The van der Waals surface area contributed by atoms with Crippen molar-refractivity contribution in [3.05, 3.63) is 0 Å². The van der Waals surface area contributed by atoms with Crippen molar-refractivity contribution in [1.29, 1.82) is 0 Å². The van der Waals surface area contributed by atoms with E-state index in [0.29, 0.717) is 12.1 Å². The largest absolute Gasteiger partial charge is 0.380 e. The summed E-state index contributed by atoms with van der Waals surface area (Å²) in [5.41, 5.74) is 0. The molecule has 1 rings (SSSR count). The highest BCUT2D eigenvalue weighted by Crippen LogP contribution is 2.13. The highest BCUT2D eigenvalue weighted by molar-refractivity contribution is 4.85. The summed E-state index contributed by atoms with van der Waals surface area (Å²) in [7, 11) is 0. The van der Waals surface area contributed by atoms with Crippen molar-refractivity contribution in [3.8, 4) is 0 Å². The summed E-state index contributed by atoms with van der Waals surface area (Å²) in [5.74, 6) is 0. The maximum atomic E-state index is 5.62. The molecule has 0 saturated carbocycles. The molecule has 1 fully saturated rings. The lowest BCUT2D eigenvalue weighted by Gasteiger charge is -2.40. The maximum absolute atomic E-state index is 5.62. The zero-order chi connectivity index (χ0) is 12.5. The normalized spacial score (nSPS) is 26.3. The Hall–Kier alpha value is -0.120. The average molecular weight is 242 g/mol. The molecule has 0 aliphatic carbocycles. The lowest BCUT2D eigenvalue weighted by molar-refractivity contribution is 0.0620. The van der Waals surface area contributed by atoms with Gasteiger partial charge in [-0.05, 0) is 19.3 Å². The van der Waals surface area contributed by atoms with Crippen LogP contribution in [-0.4, -0.2) is 49.8 Å². The summed E-state index contributed by atoms with van der Waals surface area (Å²) in [5, 5.41) is 3.65. The molecule has 0 aromatic carbocycles. The van der Waals surface area contributed by atoms with E-state index in [4.69, 9.17) is 4.74 Å². The first-order valence-corrected chi connectivity index (χ1v) is 7.36. The number of hydrogen-bond acceptors (Lipinski definition) is 3. The van der Waals surface area contributed by atoms with Crippen molar-refractivity contribution in [3.63, 3.8) is 0 Å². The first-order chi connectivity index (χ1) is 8.31. The number of rotatable bonds is 8. The molecule has 1 N–H and O–H groups in total. The fraction of sp³-hybridized carbons (Fsp3) is 1.00. The summed E-state index contributed by atoms with van der Waals surface area (Å²) in [6.07, 6.45) is 4.93. The van der Waals surface area contributed by atoms with Crippen LogP contribution in [0.5, 0.6) is 0 Å². The van der Waals surface area contributed by atoms with Crippen LogP contribution in [0.2, 0.25) is 0 Å². The van der Waals surface area contributed by atoms with Crippen LogP contribution in [0, 0.1) is 0 Å². The highest BCUT2D eigenvalue weighted by Gasteiger charge is 2.25. The zero-order valence-corrected chi connectivity index (χ0v) is 11.9. The van der Waals surface area contributed by atoms with Gasteiger partial charge in [0.15, 0.2) is 0 Å². The van der Waals surface area contributed by atoms with Gasteiger partial charge in [0.2, 0.25) is 0 Å². The summed E-state index contributed by atoms with van der Waals surface area (Å²) in [6.45, 7) is 11.9. The van der Waals surface area contributed by atoms with Gasteiger partial charge in [0.25, 0.3) is 0 Å². The molecule has 3 nitrogen and oxygen atoms in total.